The second kappa shape index (κ2) is 15.6. The Labute approximate surface area is 159 Å². The highest BCUT2D eigenvalue weighted by Gasteiger charge is 2.01. The van der Waals surface area contributed by atoms with Crippen LogP contribution in [0.2, 0.25) is 0 Å². The summed E-state index contributed by atoms with van der Waals surface area (Å²) < 4.78 is 2.26. The number of rotatable bonds is 14. The van der Waals surface area contributed by atoms with Crippen molar-refractivity contribution < 1.29 is 26.3 Å². The van der Waals surface area contributed by atoms with E-state index in [4.69, 9.17) is 0 Å². The molecule has 0 amide bonds. The second-order valence-electron chi connectivity index (χ2n) is 6.60. The first-order valence-corrected chi connectivity index (χ1v) is 9.33. The molecule has 0 spiro atoms. The molecular formula is C21H34BrNO. The van der Waals surface area contributed by atoms with Gasteiger partial charge >= 0.3 is 0 Å². The minimum Gasteiger partial charge on any atom is -1.00 e. The van der Waals surface area contributed by atoms with Crippen LogP contribution in [0.4, 0.5) is 0 Å². The molecular weight excluding hydrogens is 362 g/mol. The molecule has 1 aromatic rings. The molecule has 1 aromatic heterocycles. The standard InChI is InChI=1S/C21H34NO.BrH/c1-20(2)21(23)16-12-9-7-5-3-4-6-8-10-13-17-22-18-14-11-15-19-22;/h11,14-15,18-19H,1,3-10,12-13,16-17H2,2H3;1H/q+1;/p-1. The molecule has 0 saturated heterocycles. The number of hydrogen-bond acceptors (Lipinski definition) is 1. The highest BCUT2D eigenvalue weighted by Crippen LogP contribution is 2.12. The van der Waals surface area contributed by atoms with Crippen molar-refractivity contribution in [1.82, 2.24) is 0 Å². The lowest BCUT2D eigenvalue weighted by molar-refractivity contribution is -0.697. The molecule has 3 heteroatoms. The lowest BCUT2D eigenvalue weighted by Gasteiger charge is -2.02. The number of nitrogens with zero attached hydrogens (tertiary/aromatic N) is 1. The fourth-order valence-electron chi connectivity index (χ4n) is 2.79. The van der Waals surface area contributed by atoms with E-state index in [1.807, 2.05) is 0 Å². The van der Waals surface area contributed by atoms with Crippen molar-refractivity contribution in [3.05, 3.63) is 42.7 Å². The third-order valence-electron chi connectivity index (χ3n) is 4.32. The SMILES string of the molecule is C=C(C)C(=O)CCCCCCCCCCCC[n+]1ccccc1.[Br-]. The van der Waals surface area contributed by atoms with Crippen molar-refractivity contribution in [1.29, 1.82) is 0 Å². The Bertz CT molecular complexity index is 444. The number of pyridine rings is 1. The number of aryl methyl sites for hydroxylation is 1. The minimum atomic E-state index is 0. The molecule has 2 nitrogen and oxygen atoms in total. The van der Waals surface area contributed by atoms with Gasteiger partial charge in [-0.2, -0.15) is 0 Å². The number of unbranched alkanes of at least 4 members (excludes halogenated alkanes) is 9. The van der Waals surface area contributed by atoms with E-state index in [-0.39, 0.29) is 22.8 Å². The van der Waals surface area contributed by atoms with E-state index >= 15 is 0 Å². The van der Waals surface area contributed by atoms with E-state index in [1.165, 1.54) is 57.8 Å². The molecule has 0 aliphatic rings. The van der Waals surface area contributed by atoms with Gasteiger partial charge in [-0.15, -0.1) is 0 Å². The summed E-state index contributed by atoms with van der Waals surface area (Å²) in [5, 5.41) is 0. The molecule has 24 heavy (non-hydrogen) atoms. The Morgan fingerprint density at radius 2 is 1.25 bits per heavy atom. The van der Waals surface area contributed by atoms with Gasteiger partial charge in [0, 0.05) is 25.0 Å². The van der Waals surface area contributed by atoms with Crippen molar-refractivity contribution >= 4 is 5.78 Å². The number of ketones is 1. The third kappa shape index (κ3) is 12.5. The number of halogens is 1. The van der Waals surface area contributed by atoms with Gasteiger partial charge in [0.05, 0.1) is 0 Å². The van der Waals surface area contributed by atoms with Crippen LogP contribution in [0, 0.1) is 0 Å². The topological polar surface area (TPSA) is 20.9 Å². The van der Waals surface area contributed by atoms with Crippen molar-refractivity contribution in [2.24, 2.45) is 0 Å². The van der Waals surface area contributed by atoms with Crippen LogP contribution in [0.3, 0.4) is 0 Å². The van der Waals surface area contributed by atoms with Crippen molar-refractivity contribution in [3.8, 4) is 0 Å². The molecule has 0 aliphatic heterocycles. The van der Waals surface area contributed by atoms with Gasteiger partial charge in [-0.3, -0.25) is 4.79 Å². The van der Waals surface area contributed by atoms with Crippen LogP contribution in [0.15, 0.2) is 42.7 Å². The van der Waals surface area contributed by atoms with Gasteiger partial charge in [0.2, 0.25) is 0 Å². The molecule has 0 saturated carbocycles. The lowest BCUT2D eigenvalue weighted by Crippen LogP contribution is -3.00. The summed E-state index contributed by atoms with van der Waals surface area (Å²) in [6, 6.07) is 6.25. The Morgan fingerprint density at radius 3 is 1.75 bits per heavy atom. The van der Waals surface area contributed by atoms with Crippen LogP contribution < -0.4 is 21.5 Å². The van der Waals surface area contributed by atoms with Crippen LogP contribution in [0.25, 0.3) is 0 Å². The molecule has 0 bridgehead atoms. The Kier molecular flexibility index (Phi) is 14.9. The number of Topliss-reactive ketones (excluding diaryl/α,β-unsaturated/α-hetero) is 1. The molecule has 1 heterocycles. The summed E-state index contributed by atoms with van der Waals surface area (Å²) in [6.07, 6.45) is 17.9. The minimum absolute atomic E-state index is 0. The van der Waals surface area contributed by atoms with E-state index in [0.717, 1.165) is 13.0 Å². The van der Waals surface area contributed by atoms with Gasteiger partial charge in [0.1, 0.15) is 6.54 Å². The monoisotopic (exact) mass is 395 g/mol. The first-order chi connectivity index (χ1) is 11.2. The van der Waals surface area contributed by atoms with Crippen molar-refractivity contribution in [2.45, 2.75) is 84.1 Å². The summed E-state index contributed by atoms with van der Waals surface area (Å²) in [4.78, 5) is 11.4. The first-order valence-electron chi connectivity index (χ1n) is 9.33. The third-order valence-corrected chi connectivity index (χ3v) is 4.32. The average molecular weight is 396 g/mol. The van der Waals surface area contributed by atoms with Crippen molar-refractivity contribution in [3.63, 3.8) is 0 Å². The van der Waals surface area contributed by atoms with Gasteiger partial charge in [-0.05, 0) is 25.3 Å². The molecule has 0 aromatic carbocycles. The molecule has 0 unspecified atom stereocenters. The smallest absolute Gasteiger partial charge is 0.168 e. The van der Waals surface area contributed by atoms with E-state index < -0.39 is 0 Å². The predicted molar refractivity (Wildman–Crippen MR) is 97.2 cm³/mol. The average Bonchev–Trinajstić information content (AvgIpc) is 2.56. The van der Waals surface area contributed by atoms with E-state index in [1.54, 1.807) is 6.92 Å². The maximum absolute atomic E-state index is 11.4. The maximum atomic E-state index is 11.4. The number of aromatic nitrogens is 1. The van der Waals surface area contributed by atoms with Gasteiger partial charge in [0.15, 0.2) is 18.2 Å². The quantitative estimate of drug-likeness (QED) is 0.269. The Morgan fingerprint density at radius 1 is 0.792 bits per heavy atom. The van der Waals surface area contributed by atoms with Gasteiger partial charge < -0.3 is 17.0 Å². The summed E-state index contributed by atoms with van der Waals surface area (Å²) in [5.41, 5.74) is 0.704. The van der Waals surface area contributed by atoms with Crippen LogP contribution in [0.5, 0.6) is 0 Å². The molecule has 0 fully saturated rings. The van der Waals surface area contributed by atoms with E-state index in [2.05, 4.69) is 41.7 Å². The fraction of sp³-hybridized carbons (Fsp3) is 0.619. The number of carbonyl (C=O) groups is 1. The zero-order valence-electron chi connectivity index (χ0n) is 15.3. The molecule has 0 atom stereocenters. The molecule has 1 rings (SSSR count). The first kappa shape index (κ1) is 23.0. The molecule has 0 N–H and O–H groups in total. The molecule has 0 aliphatic carbocycles. The molecule has 0 radical (unpaired) electrons. The Balaban J connectivity index is 0.00000529. The highest BCUT2D eigenvalue weighted by molar-refractivity contribution is 5.93. The van der Waals surface area contributed by atoms with Gasteiger partial charge in [-0.25, -0.2) is 4.57 Å². The fourth-order valence-corrected chi connectivity index (χ4v) is 2.79. The maximum Gasteiger partial charge on any atom is 0.168 e. The van der Waals surface area contributed by atoms with Crippen molar-refractivity contribution in [2.75, 3.05) is 0 Å². The van der Waals surface area contributed by atoms with Crippen LogP contribution >= 0.6 is 0 Å². The van der Waals surface area contributed by atoms with E-state index in [0.29, 0.717) is 12.0 Å². The normalized spacial score (nSPS) is 10.2. The second-order valence-corrected chi connectivity index (χ2v) is 6.60. The van der Waals surface area contributed by atoms with Gasteiger partial charge in [-0.1, -0.05) is 57.6 Å². The summed E-state index contributed by atoms with van der Waals surface area (Å²) in [6.45, 7) is 6.64. The zero-order valence-corrected chi connectivity index (χ0v) is 16.9. The number of carbonyl (C=O) groups excluding carboxylic acids is 1. The summed E-state index contributed by atoms with van der Waals surface area (Å²) in [7, 11) is 0. The van der Waals surface area contributed by atoms with Crippen LogP contribution in [0.1, 0.15) is 77.6 Å². The molecule has 136 valence electrons. The van der Waals surface area contributed by atoms with E-state index in [9.17, 15) is 4.79 Å². The van der Waals surface area contributed by atoms with Crippen LogP contribution in [-0.2, 0) is 11.3 Å². The predicted octanol–water partition coefficient (Wildman–Crippen LogP) is 2.41. The largest absolute Gasteiger partial charge is 1.00 e. The van der Waals surface area contributed by atoms with Gasteiger partial charge in [0.25, 0.3) is 0 Å². The summed E-state index contributed by atoms with van der Waals surface area (Å²) in [5.74, 6) is 0.235. The number of hydrogen-bond donors (Lipinski definition) is 0. The highest BCUT2D eigenvalue weighted by atomic mass is 79.9. The lowest BCUT2D eigenvalue weighted by atomic mass is 10.0. The zero-order chi connectivity index (χ0) is 16.8. The van der Waals surface area contributed by atoms with Crippen LogP contribution in [-0.4, -0.2) is 5.78 Å². The Hall–Kier alpha value is -0.960. The number of allylic oxidation sites excluding steroid dienone is 1. The summed E-state index contributed by atoms with van der Waals surface area (Å²) >= 11 is 0.